The van der Waals surface area contributed by atoms with Gasteiger partial charge in [0.25, 0.3) is 0 Å². The number of amides is 1. The van der Waals surface area contributed by atoms with Crippen LogP contribution in [-0.4, -0.2) is 19.1 Å². The van der Waals surface area contributed by atoms with Gasteiger partial charge in [0.15, 0.2) is 0 Å². The highest BCUT2D eigenvalue weighted by Gasteiger charge is 2.48. The van der Waals surface area contributed by atoms with Crippen LogP contribution in [-0.2, 0) is 10.3 Å². The van der Waals surface area contributed by atoms with Crippen molar-refractivity contribution in [2.24, 2.45) is 23.5 Å². The van der Waals surface area contributed by atoms with Crippen molar-refractivity contribution < 1.29 is 9.53 Å². The number of hydrogen-bond acceptors (Lipinski definition) is 3. The standard InChI is InChI=1S/C20H28N2O2.ClH/c1-24-17-7-5-16(6-8-17)20(9-10-20)22-19(23)15-11-13-3-2-4-14(12-15)18(13)21;/h5-8,13-15,18H,2-4,9-12,21H2,1H3,(H,22,23);1H. The van der Waals surface area contributed by atoms with Crippen molar-refractivity contribution >= 4 is 18.3 Å². The Morgan fingerprint density at radius 1 is 1.16 bits per heavy atom. The van der Waals surface area contributed by atoms with E-state index >= 15 is 0 Å². The molecule has 0 aromatic heterocycles. The van der Waals surface area contributed by atoms with Crippen LogP contribution in [0.1, 0.15) is 50.5 Å². The van der Waals surface area contributed by atoms with Crippen LogP contribution >= 0.6 is 12.4 Å². The molecular weight excluding hydrogens is 336 g/mol. The Morgan fingerprint density at radius 2 is 1.76 bits per heavy atom. The predicted octanol–water partition coefficient (Wildman–Crippen LogP) is 3.38. The second-order valence-electron chi connectivity index (χ2n) is 8.00. The lowest BCUT2D eigenvalue weighted by molar-refractivity contribution is -0.129. The van der Waals surface area contributed by atoms with E-state index in [-0.39, 0.29) is 29.8 Å². The average molecular weight is 365 g/mol. The molecular formula is C20H29ClN2O2. The van der Waals surface area contributed by atoms with Gasteiger partial charge in [-0.05, 0) is 68.1 Å². The minimum Gasteiger partial charge on any atom is -0.497 e. The van der Waals surface area contributed by atoms with Crippen LogP contribution in [0.3, 0.4) is 0 Å². The van der Waals surface area contributed by atoms with E-state index in [9.17, 15) is 4.79 Å². The number of carbonyl (C=O) groups excluding carboxylic acids is 1. The summed E-state index contributed by atoms with van der Waals surface area (Å²) in [6.07, 6.45) is 7.70. The Labute approximate surface area is 156 Å². The minimum atomic E-state index is -0.141. The lowest BCUT2D eigenvalue weighted by Gasteiger charge is -2.43. The number of nitrogens with two attached hydrogens (primary N) is 1. The molecule has 2 unspecified atom stereocenters. The minimum absolute atomic E-state index is 0. The second-order valence-corrected chi connectivity index (χ2v) is 8.00. The smallest absolute Gasteiger partial charge is 0.223 e. The van der Waals surface area contributed by atoms with Crippen molar-refractivity contribution in [2.45, 2.75) is 56.5 Å². The predicted molar refractivity (Wildman–Crippen MR) is 101 cm³/mol. The van der Waals surface area contributed by atoms with Crippen molar-refractivity contribution in [1.29, 1.82) is 0 Å². The highest BCUT2D eigenvalue weighted by atomic mass is 35.5. The van der Waals surface area contributed by atoms with Crippen molar-refractivity contribution in [1.82, 2.24) is 5.32 Å². The molecule has 1 aromatic rings. The largest absolute Gasteiger partial charge is 0.497 e. The van der Waals surface area contributed by atoms with Crippen LogP contribution in [0.4, 0.5) is 0 Å². The summed E-state index contributed by atoms with van der Waals surface area (Å²) in [6, 6.07) is 8.44. The number of fused-ring (bicyclic) bond motifs is 2. The van der Waals surface area contributed by atoms with E-state index in [1.165, 1.54) is 24.8 Å². The van der Waals surface area contributed by atoms with Gasteiger partial charge in [0.2, 0.25) is 5.91 Å². The molecule has 4 nitrogen and oxygen atoms in total. The van der Waals surface area contributed by atoms with Gasteiger partial charge < -0.3 is 15.8 Å². The van der Waals surface area contributed by atoms with Crippen molar-refractivity contribution in [3.05, 3.63) is 29.8 Å². The number of halogens is 1. The summed E-state index contributed by atoms with van der Waals surface area (Å²) in [5.74, 6) is 2.34. The molecule has 2 atom stereocenters. The summed E-state index contributed by atoms with van der Waals surface area (Å²) in [6.45, 7) is 0. The van der Waals surface area contributed by atoms with Gasteiger partial charge in [-0.3, -0.25) is 4.79 Å². The van der Waals surface area contributed by atoms with Gasteiger partial charge in [0.1, 0.15) is 5.75 Å². The van der Waals surface area contributed by atoms with E-state index in [0.29, 0.717) is 17.9 Å². The van der Waals surface area contributed by atoms with E-state index < -0.39 is 0 Å². The fraction of sp³-hybridized carbons (Fsp3) is 0.650. The zero-order valence-corrected chi connectivity index (χ0v) is 15.7. The fourth-order valence-electron chi connectivity index (χ4n) is 4.86. The fourth-order valence-corrected chi connectivity index (χ4v) is 4.86. The second kappa shape index (κ2) is 7.16. The summed E-state index contributed by atoms with van der Waals surface area (Å²) >= 11 is 0. The first kappa shape index (κ1) is 18.5. The van der Waals surface area contributed by atoms with E-state index in [1.807, 2.05) is 12.1 Å². The molecule has 138 valence electrons. The molecule has 1 aromatic carbocycles. The van der Waals surface area contributed by atoms with Crippen LogP contribution in [0, 0.1) is 17.8 Å². The topological polar surface area (TPSA) is 64.3 Å². The number of ether oxygens (including phenoxy) is 1. The Balaban J connectivity index is 0.00000182. The Bertz CT molecular complexity index is 601. The summed E-state index contributed by atoms with van der Waals surface area (Å²) in [7, 11) is 1.67. The van der Waals surface area contributed by atoms with E-state index in [2.05, 4.69) is 17.4 Å². The van der Waals surface area contributed by atoms with Crippen LogP contribution in [0.25, 0.3) is 0 Å². The first-order valence-electron chi connectivity index (χ1n) is 9.33. The van der Waals surface area contributed by atoms with Crippen LogP contribution in [0.15, 0.2) is 24.3 Å². The molecule has 4 rings (SSSR count). The third-order valence-electron chi connectivity index (χ3n) is 6.54. The van der Waals surface area contributed by atoms with Crippen molar-refractivity contribution in [3.8, 4) is 5.75 Å². The van der Waals surface area contributed by atoms with Crippen molar-refractivity contribution in [2.75, 3.05) is 7.11 Å². The maximum absolute atomic E-state index is 12.9. The third kappa shape index (κ3) is 3.52. The van der Waals surface area contributed by atoms with E-state index in [0.717, 1.165) is 31.4 Å². The van der Waals surface area contributed by atoms with Crippen LogP contribution in [0.5, 0.6) is 5.75 Å². The number of nitrogens with one attached hydrogen (secondary N) is 1. The average Bonchev–Trinajstić information content (AvgIpc) is 3.35. The summed E-state index contributed by atoms with van der Waals surface area (Å²) in [4.78, 5) is 12.9. The zero-order valence-electron chi connectivity index (χ0n) is 14.9. The van der Waals surface area contributed by atoms with E-state index in [1.54, 1.807) is 7.11 Å². The van der Waals surface area contributed by atoms with Gasteiger partial charge in [-0.15, -0.1) is 12.4 Å². The molecule has 3 N–H and O–H groups in total. The van der Waals surface area contributed by atoms with Gasteiger partial charge in [-0.1, -0.05) is 18.6 Å². The molecule has 0 heterocycles. The normalized spacial score (nSPS) is 32.2. The first-order chi connectivity index (χ1) is 11.6. The zero-order chi connectivity index (χ0) is 16.7. The molecule has 25 heavy (non-hydrogen) atoms. The van der Waals surface area contributed by atoms with Gasteiger partial charge in [0, 0.05) is 12.0 Å². The summed E-state index contributed by atoms with van der Waals surface area (Å²) < 4.78 is 5.23. The lowest BCUT2D eigenvalue weighted by Crippen LogP contribution is -2.50. The third-order valence-corrected chi connectivity index (χ3v) is 6.54. The van der Waals surface area contributed by atoms with Gasteiger partial charge >= 0.3 is 0 Å². The molecule has 0 radical (unpaired) electrons. The molecule has 0 saturated heterocycles. The Hall–Kier alpha value is -1.26. The van der Waals surface area contributed by atoms with Crippen LogP contribution < -0.4 is 15.8 Å². The molecule has 3 aliphatic carbocycles. The Kier molecular flexibility index (Phi) is 5.31. The maximum atomic E-state index is 12.9. The van der Waals surface area contributed by atoms with Crippen LogP contribution in [0.2, 0.25) is 0 Å². The lowest BCUT2D eigenvalue weighted by atomic mass is 9.65. The Morgan fingerprint density at radius 3 is 2.28 bits per heavy atom. The monoisotopic (exact) mass is 364 g/mol. The number of methoxy groups -OCH3 is 1. The molecule has 0 spiro atoms. The highest BCUT2D eigenvalue weighted by Crippen LogP contribution is 2.47. The molecule has 3 aliphatic rings. The SMILES string of the molecule is COc1ccc(C2(NC(=O)C3CC4CCCC(C3)C4N)CC2)cc1.Cl. The number of rotatable bonds is 4. The summed E-state index contributed by atoms with van der Waals surface area (Å²) in [5.41, 5.74) is 7.42. The molecule has 2 bridgehead atoms. The number of hydrogen-bond donors (Lipinski definition) is 2. The molecule has 5 heteroatoms. The number of carbonyl (C=O) groups is 1. The van der Waals surface area contributed by atoms with Gasteiger partial charge in [-0.2, -0.15) is 0 Å². The van der Waals surface area contributed by atoms with Gasteiger partial charge in [-0.25, -0.2) is 0 Å². The molecule has 0 aliphatic heterocycles. The quantitative estimate of drug-likeness (QED) is 0.860. The highest BCUT2D eigenvalue weighted by molar-refractivity contribution is 5.85. The van der Waals surface area contributed by atoms with Crippen molar-refractivity contribution in [3.63, 3.8) is 0 Å². The molecule has 3 fully saturated rings. The number of benzene rings is 1. The van der Waals surface area contributed by atoms with Gasteiger partial charge in [0.05, 0.1) is 12.6 Å². The first-order valence-corrected chi connectivity index (χ1v) is 9.33. The molecule has 1 amide bonds. The summed E-state index contributed by atoms with van der Waals surface area (Å²) in [5, 5.41) is 3.37. The van der Waals surface area contributed by atoms with E-state index in [4.69, 9.17) is 10.5 Å². The molecule has 3 saturated carbocycles. The maximum Gasteiger partial charge on any atom is 0.223 e.